The van der Waals surface area contributed by atoms with Gasteiger partial charge in [-0.05, 0) is 63.1 Å². The van der Waals surface area contributed by atoms with Crippen LogP contribution in [0.1, 0.15) is 36.2 Å². The predicted octanol–water partition coefficient (Wildman–Crippen LogP) is 6.41. The van der Waals surface area contributed by atoms with Crippen molar-refractivity contribution in [1.82, 2.24) is 14.5 Å². The average molecular weight is 535 g/mol. The summed E-state index contributed by atoms with van der Waals surface area (Å²) in [5, 5.41) is 1.30. The second-order valence-corrected chi connectivity index (χ2v) is 9.15. The average Bonchev–Trinajstić information content (AvgIpc) is 3.48. The molecule has 0 spiro atoms. The first-order valence-electron chi connectivity index (χ1n) is 11.2. The Kier molecular flexibility index (Phi) is 9.37. The lowest BCUT2D eigenvalue weighted by Gasteiger charge is -2.21. The number of aryl methyl sites for hydroxylation is 2. The van der Waals surface area contributed by atoms with Gasteiger partial charge in [0.1, 0.15) is 0 Å². The molecule has 2 heterocycles. The lowest BCUT2D eigenvalue weighted by Crippen LogP contribution is -2.32. The zero-order chi connectivity index (χ0) is 24.1. The van der Waals surface area contributed by atoms with Gasteiger partial charge in [0.2, 0.25) is 0 Å². The summed E-state index contributed by atoms with van der Waals surface area (Å²) in [6.07, 6.45) is 6.18. The van der Waals surface area contributed by atoms with Crippen LogP contribution in [0.5, 0.6) is 11.5 Å². The van der Waals surface area contributed by atoms with Crippen LogP contribution in [0.4, 0.5) is 5.13 Å². The van der Waals surface area contributed by atoms with Crippen molar-refractivity contribution in [2.75, 3.05) is 24.7 Å². The van der Waals surface area contributed by atoms with Gasteiger partial charge in [0.05, 0.1) is 29.8 Å². The molecule has 0 saturated heterocycles. The summed E-state index contributed by atoms with van der Waals surface area (Å²) in [5.74, 6) is 1.04. The SMILES string of the molecule is CCOc1ccc(C(=O)N(CCCn2ccnc2)c2nc3c(C)cc(Cl)cc3s2)cc1OCC.Cl. The number of halogens is 2. The van der Waals surface area contributed by atoms with E-state index in [1.165, 1.54) is 11.3 Å². The second-order valence-electron chi connectivity index (χ2n) is 7.70. The topological polar surface area (TPSA) is 69.5 Å². The van der Waals surface area contributed by atoms with Gasteiger partial charge < -0.3 is 14.0 Å². The Morgan fingerprint density at radius 3 is 2.63 bits per heavy atom. The monoisotopic (exact) mass is 534 g/mol. The Balaban J connectivity index is 0.00000342. The minimum absolute atomic E-state index is 0. The quantitative estimate of drug-likeness (QED) is 0.235. The van der Waals surface area contributed by atoms with E-state index in [2.05, 4.69) is 4.98 Å². The van der Waals surface area contributed by atoms with E-state index in [4.69, 9.17) is 26.1 Å². The van der Waals surface area contributed by atoms with E-state index in [0.717, 1.165) is 28.7 Å². The summed E-state index contributed by atoms with van der Waals surface area (Å²) in [6, 6.07) is 9.08. The first-order valence-corrected chi connectivity index (χ1v) is 12.4. The Morgan fingerprint density at radius 1 is 1.14 bits per heavy atom. The largest absolute Gasteiger partial charge is 0.490 e. The van der Waals surface area contributed by atoms with Gasteiger partial charge in [0.15, 0.2) is 16.6 Å². The molecule has 1 amide bonds. The molecule has 10 heteroatoms. The van der Waals surface area contributed by atoms with Crippen LogP contribution in [0.15, 0.2) is 49.1 Å². The van der Waals surface area contributed by atoms with Crippen LogP contribution in [0, 0.1) is 6.92 Å². The third-order valence-corrected chi connectivity index (χ3v) is 6.51. The van der Waals surface area contributed by atoms with Gasteiger partial charge >= 0.3 is 0 Å². The van der Waals surface area contributed by atoms with Crippen molar-refractivity contribution < 1.29 is 14.3 Å². The number of carbonyl (C=O) groups is 1. The molecule has 186 valence electrons. The van der Waals surface area contributed by atoms with E-state index < -0.39 is 0 Å². The van der Waals surface area contributed by atoms with Crippen molar-refractivity contribution in [2.45, 2.75) is 33.7 Å². The van der Waals surface area contributed by atoms with E-state index in [0.29, 0.717) is 47.0 Å². The van der Waals surface area contributed by atoms with Crippen LogP contribution in [0.2, 0.25) is 5.02 Å². The van der Waals surface area contributed by atoms with Gasteiger partial charge in [0.25, 0.3) is 5.91 Å². The zero-order valence-electron chi connectivity index (χ0n) is 19.9. The van der Waals surface area contributed by atoms with Gasteiger partial charge in [-0.25, -0.2) is 9.97 Å². The minimum atomic E-state index is -0.141. The maximum Gasteiger partial charge on any atom is 0.260 e. The molecule has 0 bridgehead atoms. The van der Waals surface area contributed by atoms with Crippen molar-refractivity contribution in [3.63, 3.8) is 0 Å². The molecule has 2 aromatic carbocycles. The zero-order valence-corrected chi connectivity index (χ0v) is 22.3. The maximum atomic E-state index is 13.7. The highest BCUT2D eigenvalue weighted by molar-refractivity contribution is 7.22. The number of ether oxygens (including phenoxy) is 2. The second kappa shape index (κ2) is 12.2. The molecule has 0 aliphatic heterocycles. The first-order chi connectivity index (χ1) is 16.5. The van der Waals surface area contributed by atoms with Crippen LogP contribution in [-0.2, 0) is 6.54 Å². The highest BCUT2D eigenvalue weighted by atomic mass is 35.5. The van der Waals surface area contributed by atoms with Crippen molar-refractivity contribution in [2.24, 2.45) is 0 Å². The summed E-state index contributed by atoms with van der Waals surface area (Å²) < 4.78 is 14.3. The molecule has 7 nitrogen and oxygen atoms in total. The molecule has 0 N–H and O–H groups in total. The van der Waals surface area contributed by atoms with E-state index in [1.54, 1.807) is 35.6 Å². The number of rotatable bonds is 10. The third kappa shape index (κ3) is 6.25. The van der Waals surface area contributed by atoms with Gasteiger partial charge in [-0.3, -0.25) is 9.69 Å². The molecule has 0 aliphatic carbocycles. The number of hydrogen-bond acceptors (Lipinski definition) is 6. The molecule has 35 heavy (non-hydrogen) atoms. The van der Waals surface area contributed by atoms with Gasteiger partial charge in [-0.1, -0.05) is 22.9 Å². The van der Waals surface area contributed by atoms with E-state index in [-0.39, 0.29) is 18.3 Å². The standard InChI is InChI=1S/C25H27ClN4O3S.ClH/c1-4-32-20-8-7-18(14-21(20)33-5-2)24(31)30(11-6-10-29-12-9-27-16-29)25-28-23-17(3)13-19(26)15-22(23)34-25;/h7-9,12-16H,4-6,10-11H2,1-3H3;1H. The summed E-state index contributed by atoms with van der Waals surface area (Å²) in [7, 11) is 0. The number of imidazole rings is 1. The number of amides is 1. The molecular weight excluding hydrogens is 507 g/mol. The Morgan fingerprint density at radius 2 is 1.91 bits per heavy atom. The lowest BCUT2D eigenvalue weighted by molar-refractivity contribution is 0.0985. The number of thiazole rings is 1. The van der Waals surface area contributed by atoms with Crippen molar-refractivity contribution >= 4 is 56.6 Å². The molecule has 0 unspecified atom stereocenters. The summed E-state index contributed by atoms with van der Waals surface area (Å²) in [5.41, 5.74) is 2.36. The van der Waals surface area contributed by atoms with Gasteiger partial charge in [-0.15, -0.1) is 12.4 Å². The fraction of sp³-hybridized carbons (Fsp3) is 0.320. The molecule has 2 aromatic heterocycles. The number of carbonyl (C=O) groups excluding carboxylic acids is 1. The third-order valence-electron chi connectivity index (χ3n) is 5.26. The highest BCUT2D eigenvalue weighted by Gasteiger charge is 2.23. The number of aromatic nitrogens is 3. The Labute approximate surface area is 220 Å². The number of benzene rings is 2. The molecule has 0 saturated carbocycles. The van der Waals surface area contributed by atoms with Crippen LogP contribution < -0.4 is 14.4 Å². The fourth-order valence-electron chi connectivity index (χ4n) is 3.71. The number of hydrogen-bond donors (Lipinski definition) is 0. The molecule has 0 radical (unpaired) electrons. The maximum absolute atomic E-state index is 13.7. The van der Waals surface area contributed by atoms with Crippen LogP contribution in [-0.4, -0.2) is 40.2 Å². The summed E-state index contributed by atoms with van der Waals surface area (Å²) >= 11 is 7.73. The molecular formula is C25H28Cl2N4O3S. The van der Waals surface area contributed by atoms with Gasteiger partial charge in [0, 0.05) is 36.1 Å². The molecule has 4 aromatic rings. The Hall–Kier alpha value is -2.81. The van der Waals surface area contributed by atoms with Crippen molar-refractivity contribution in [1.29, 1.82) is 0 Å². The van der Waals surface area contributed by atoms with Gasteiger partial charge in [-0.2, -0.15) is 0 Å². The molecule has 0 atom stereocenters. The van der Waals surface area contributed by atoms with Crippen molar-refractivity contribution in [3.8, 4) is 11.5 Å². The van der Waals surface area contributed by atoms with E-state index >= 15 is 0 Å². The number of nitrogens with zero attached hydrogens (tertiary/aromatic N) is 4. The normalized spacial score (nSPS) is 10.7. The molecule has 4 rings (SSSR count). The van der Waals surface area contributed by atoms with E-state index in [1.807, 2.05) is 43.7 Å². The highest BCUT2D eigenvalue weighted by Crippen LogP contribution is 2.35. The van der Waals surface area contributed by atoms with Crippen LogP contribution >= 0.6 is 35.3 Å². The van der Waals surface area contributed by atoms with Crippen molar-refractivity contribution in [3.05, 3.63) is 65.2 Å². The van der Waals surface area contributed by atoms with Crippen LogP contribution in [0.3, 0.4) is 0 Å². The minimum Gasteiger partial charge on any atom is -0.490 e. The number of anilines is 1. The molecule has 0 aliphatic rings. The first kappa shape index (κ1) is 26.8. The van der Waals surface area contributed by atoms with Crippen LogP contribution in [0.25, 0.3) is 10.2 Å². The van der Waals surface area contributed by atoms with E-state index in [9.17, 15) is 4.79 Å². The predicted molar refractivity (Wildman–Crippen MR) is 144 cm³/mol. The summed E-state index contributed by atoms with van der Waals surface area (Å²) in [6.45, 7) is 8.03. The molecule has 0 fully saturated rings. The smallest absolute Gasteiger partial charge is 0.260 e. The lowest BCUT2D eigenvalue weighted by atomic mass is 10.1. The summed E-state index contributed by atoms with van der Waals surface area (Å²) in [4.78, 5) is 24.4. The Bertz CT molecular complexity index is 1280. The number of fused-ring (bicyclic) bond motifs is 1. The fourth-order valence-corrected chi connectivity index (χ4v) is 5.16.